The summed E-state index contributed by atoms with van der Waals surface area (Å²) in [6, 6.07) is 16.2. The molecule has 0 spiro atoms. The first-order valence-electron chi connectivity index (χ1n) is 11.0. The number of carbonyl (C=O) groups excluding carboxylic acids is 2. The lowest BCUT2D eigenvalue weighted by Crippen LogP contribution is -2.28. The Morgan fingerprint density at radius 2 is 1.57 bits per heavy atom. The number of benzene rings is 2. The van der Waals surface area contributed by atoms with Crippen LogP contribution in [0.4, 0.5) is 5.69 Å². The highest BCUT2D eigenvalue weighted by Crippen LogP contribution is 2.41. The number of para-hydroxylation sites is 1. The van der Waals surface area contributed by atoms with Crippen LogP contribution in [0.25, 0.3) is 33.6 Å². The number of hydrogen-bond acceptors (Lipinski definition) is 6. The Labute approximate surface area is 208 Å². The molecule has 0 radical (unpaired) electrons. The second-order valence-corrected chi connectivity index (χ2v) is 9.16. The molecule has 0 unspecified atom stereocenters. The van der Waals surface area contributed by atoms with Crippen LogP contribution in [0.1, 0.15) is 31.2 Å². The molecule has 0 fully saturated rings. The van der Waals surface area contributed by atoms with Crippen LogP contribution in [-0.2, 0) is 16.5 Å². The van der Waals surface area contributed by atoms with Gasteiger partial charge < -0.3 is 14.4 Å². The highest BCUT2D eigenvalue weighted by molar-refractivity contribution is 7.17. The lowest BCUT2D eigenvalue weighted by Gasteiger charge is -2.12. The number of nitrogens with zero attached hydrogens (tertiary/aromatic N) is 2. The van der Waals surface area contributed by atoms with Crippen molar-refractivity contribution in [2.75, 3.05) is 33.2 Å². The van der Waals surface area contributed by atoms with E-state index in [1.54, 1.807) is 0 Å². The minimum Gasteiger partial charge on any atom is -0.465 e. The molecule has 0 atom stereocenters. The highest BCUT2D eigenvalue weighted by Gasteiger charge is 2.34. The van der Waals surface area contributed by atoms with Crippen molar-refractivity contribution in [1.29, 1.82) is 0 Å². The maximum atomic E-state index is 12.9. The quantitative estimate of drug-likeness (QED) is 0.213. The van der Waals surface area contributed by atoms with Crippen LogP contribution in [0, 0.1) is 0 Å². The van der Waals surface area contributed by atoms with Crippen LogP contribution in [0.3, 0.4) is 0 Å². The van der Waals surface area contributed by atoms with Gasteiger partial charge in [0, 0.05) is 31.4 Å². The molecule has 2 aliphatic heterocycles. The van der Waals surface area contributed by atoms with E-state index >= 15 is 0 Å². The molecule has 0 saturated heterocycles. The van der Waals surface area contributed by atoms with E-state index < -0.39 is 11.9 Å². The molecule has 6 nitrogen and oxygen atoms in total. The number of ether oxygens (including phenoxy) is 2. The van der Waals surface area contributed by atoms with Crippen molar-refractivity contribution in [2.45, 2.75) is 0 Å². The number of methoxy groups -OCH3 is 2. The molecule has 2 heterocycles. The summed E-state index contributed by atoms with van der Waals surface area (Å²) >= 11 is 1.23. The molecule has 0 N–H and O–H groups in total. The minimum atomic E-state index is -0.584. The minimum absolute atomic E-state index is 0.202. The Morgan fingerprint density at radius 1 is 0.914 bits per heavy atom. The molecular formula is C28H27N2O4S+. The summed E-state index contributed by atoms with van der Waals surface area (Å²) < 4.78 is 12.1. The smallest absolute Gasteiger partial charge is 0.349 e. The molecule has 0 bridgehead atoms. The summed E-state index contributed by atoms with van der Waals surface area (Å²) in [7, 11) is 8.58. The molecule has 0 amide bonds. The summed E-state index contributed by atoms with van der Waals surface area (Å²) in [5.74, 6) is -1.16. The maximum Gasteiger partial charge on any atom is 0.349 e. The first kappa shape index (κ1) is 24.2. The number of esters is 2. The number of anilines is 1. The molecule has 2 aromatic rings. The van der Waals surface area contributed by atoms with E-state index in [-0.39, 0.29) is 10.4 Å². The van der Waals surface area contributed by atoms with Crippen LogP contribution in [0.15, 0.2) is 60.7 Å². The van der Waals surface area contributed by atoms with Gasteiger partial charge in [-0.2, -0.15) is 4.57 Å². The normalized spacial score (nSPS) is 11.6. The monoisotopic (exact) mass is 487 g/mol. The third-order valence-electron chi connectivity index (χ3n) is 5.85. The maximum absolute atomic E-state index is 12.9. The lowest BCUT2D eigenvalue weighted by atomic mass is 9.99. The number of hydrogen-bond donors (Lipinski definition) is 0. The van der Waals surface area contributed by atoms with Gasteiger partial charge in [0.1, 0.15) is 11.9 Å². The Morgan fingerprint density at radius 3 is 2.23 bits per heavy atom. The van der Waals surface area contributed by atoms with Gasteiger partial charge in [-0.05, 0) is 23.8 Å². The van der Waals surface area contributed by atoms with Gasteiger partial charge in [-0.25, -0.2) is 9.59 Å². The number of aryl methyl sites for hydroxylation is 1. The van der Waals surface area contributed by atoms with Crippen molar-refractivity contribution in [3.05, 3.63) is 82.3 Å². The molecule has 178 valence electrons. The van der Waals surface area contributed by atoms with E-state index in [0.717, 1.165) is 32.7 Å². The largest absolute Gasteiger partial charge is 0.465 e. The zero-order valence-corrected chi connectivity index (χ0v) is 21.2. The standard InChI is InChI=1S/C28H27N2O4S/c1-29(2)19-16-14-18(15-17-19)10-6-7-12-21-23-20-11-8-9-13-22(20)30(3)26(23)35-25(28(32)34-5)24(21)27(31)33-4/h6-17H,1-5H3/q+1. The van der Waals surface area contributed by atoms with Gasteiger partial charge in [-0.15, -0.1) is 0 Å². The fraction of sp³-hybridized carbons (Fsp3) is 0.179. The first-order chi connectivity index (χ1) is 16.9. The van der Waals surface area contributed by atoms with Crippen molar-refractivity contribution in [3.8, 4) is 10.6 Å². The molecule has 2 aliphatic rings. The highest BCUT2D eigenvalue weighted by atomic mass is 32.1. The fourth-order valence-electron chi connectivity index (χ4n) is 4.05. The third-order valence-corrected chi connectivity index (χ3v) is 7.10. The molecule has 0 saturated carbocycles. The van der Waals surface area contributed by atoms with Crippen LogP contribution < -0.4 is 9.47 Å². The van der Waals surface area contributed by atoms with Crippen LogP contribution in [0.5, 0.6) is 0 Å². The Hall–Kier alpha value is -3.97. The van der Waals surface area contributed by atoms with Crippen molar-refractivity contribution >= 4 is 52.0 Å². The number of rotatable bonds is 6. The van der Waals surface area contributed by atoms with E-state index in [2.05, 4.69) is 12.1 Å². The molecule has 2 aromatic carbocycles. The van der Waals surface area contributed by atoms with Gasteiger partial charge in [-0.3, -0.25) is 0 Å². The molecule has 4 rings (SSSR count). The number of carbonyl (C=O) groups is 2. The molecule has 35 heavy (non-hydrogen) atoms. The van der Waals surface area contributed by atoms with Gasteiger partial charge in [0.05, 0.1) is 30.7 Å². The van der Waals surface area contributed by atoms with E-state index in [9.17, 15) is 9.59 Å². The molecule has 7 heteroatoms. The number of aromatic nitrogens is 1. The van der Waals surface area contributed by atoms with Gasteiger partial charge in [0.15, 0.2) is 0 Å². The van der Waals surface area contributed by atoms with E-state index in [1.807, 2.05) is 91.3 Å². The predicted octanol–water partition coefficient (Wildman–Crippen LogP) is 5.20. The van der Waals surface area contributed by atoms with Crippen molar-refractivity contribution < 1.29 is 23.6 Å². The average molecular weight is 488 g/mol. The zero-order chi connectivity index (χ0) is 25.1. The Bertz CT molecular complexity index is 1430. The third kappa shape index (κ3) is 4.55. The second kappa shape index (κ2) is 10.1. The van der Waals surface area contributed by atoms with E-state index in [0.29, 0.717) is 5.56 Å². The topological polar surface area (TPSA) is 59.7 Å². The summed E-state index contributed by atoms with van der Waals surface area (Å²) in [6.45, 7) is 0. The van der Waals surface area contributed by atoms with Crippen LogP contribution in [-0.4, -0.2) is 40.3 Å². The SMILES string of the molecule is COC(=O)c1sc2[n+](C)c3ccccc3c-2c(/C=C/C=C/c2ccc(N(C)C)cc2)c1C(=O)OC. The van der Waals surface area contributed by atoms with Gasteiger partial charge >= 0.3 is 11.9 Å². The second-order valence-electron chi connectivity index (χ2n) is 8.16. The lowest BCUT2D eigenvalue weighted by molar-refractivity contribution is -0.628. The first-order valence-corrected chi connectivity index (χ1v) is 11.8. The van der Waals surface area contributed by atoms with E-state index in [4.69, 9.17) is 9.47 Å². The van der Waals surface area contributed by atoms with Crippen molar-refractivity contribution in [3.63, 3.8) is 0 Å². The number of fused-ring (bicyclic) bond motifs is 3. The summed E-state index contributed by atoms with van der Waals surface area (Å²) in [4.78, 5) is 27.9. The fourth-order valence-corrected chi connectivity index (χ4v) is 5.27. The summed E-state index contributed by atoms with van der Waals surface area (Å²) in [6.07, 6.45) is 7.62. The van der Waals surface area contributed by atoms with Crippen LogP contribution >= 0.6 is 11.3 Å². The molecular weight excluding hydrogens is 460 g/mol. The summed E-state index contributed by atoms with van der Waals surface area (Å²) in [5, 5.41) is 1.85. The number of allylic oxidation sites excluding steroid dienone is 2. The van der Waals surface area contributed by atoms with Gasteiger partial charge in [0.25, 0.3) is 5.01 Å². The zero-order valence-electron chi connectivity index (χ0n) is 20.4. The van der Waals surface area contributed by atoms with Gasteiger partial charge in [0.2, 0.25) is 5.52 Å². The van der Waals surface area contributed by atoms with Crippen molar-refractivity contribution in [1.82, 2.24) is 0 Å². The van der Waals surface area contributed by atoms with Crippen LogP contribution in [0.2, 0.25) is 0 Å². The molecule has 0 aromatic heterocycles. The predicted molar refractivity (Wildman–Crippen MR) is 141 cm³/mol. The van der Waals surface area contributed by atoms with Crippen molar-refractivity contribution in [2.24, 2.45) is 7.05 Å². The Kier molecular flexibility index (Phi) is 6.98. The molecule has 0 aliphatic carbocycles. The average Bonchev–Trinajstić information content (AvgIpc) is 3.17. The Balaban J connectivity index is 1.89. The van der Waals surface area contributed by atoms with Gasteiger partial charge in [-0.1, -0.05) is 59.9 Å². The summed E-state index contributed by atoms with van der Waals surface area (Å²) in [5.41, 5.74) is 4.89. The van der Waals surface area contributed by atoms with E-state index in [1.165, 1.54) is 25.6 Å².